The highest BCUT2D eigenvalue weighted by Gasteiger charge is 2.32. The number of nitrogens with zero attached hydrogens (tertiary/aromatic N) is 2. The number of carbonyl (C=O) groups excluding carboxylic acids is 1. The molecule has 5 rings (SSSR count). The van der Waals surface area contributed by atoms with Crippen LogP contribution in [0.3, 0.4) is 0 Å². The van der Waals surface area contributed by atoms with Gasteiger partial charge in [-0.25, -0.2) is 0 Å². The average molecular weight is 676 g/mol. The van der Waals surface area contributed by atoms with Crippen molar-refractivity contribution in [1.82, 2.24) is 15.5 Å². The highest BCUT2D eigenvalue weighted by Crippen LogP contribution is 2.40. The van der Waals surface area contributed by atoms with Crippen LogP contribution in [0.4, 0.5) is 0 Å². The molecule has 3 atom stereocenters. The molecule has 0 radical (unpaired) electrons. The maximum absolute atomic E-state index is 12.5. The van der Waals surface area contributed by atoms with Gasteiger partial charge < -0.3 is 25.0 Å². The van der Waals surface area contributed by atoms with E-state index in [4.69, 9.17) is 14.6 Å². The first-order valence-electron chi connectivity index (χ1n) is 16.0. The van der Waals surface area contributed by atoms with E-state index in [0.29, 0.717) is 25.8 Å². The van der Waals surface area contributed by atoms with Crippen LogP contribution in [0.25, 0.3) is 11.1 Å². The first-order chi connectivity index (χ1) is 22.9. The standard InChI is InChI=1S/C36H41N3O6S2/c1-24-38-39-36(47-24)46-23-30-20-32(27-14-12-25(22-40)13-15-27)45-35(44-30)28-18-16-26(17-19-28)31-9-7-6-8-29(31)21-37-33(41)10-4-2-3-5-11-34(42)43/h6-9,12-19,30,32,35,40H,2-5,10-11,20-23H2,1H3,(H,37,41)(H,42,43). The Bertz CT molecular complexity index is 1600. The summed E-state index contributed by atoms with van der Waals surface area (Å²) in [6.45, 7) is 2.37. The summed E-state index contributed by atoms with van der Waals surface area (Å²) in [5, 5.41) is 30.6. The van der Waals surface area contributed by atoms with Gasteiger partial charge >= 0.3 is 5.97 Å². The van der Waals surface area contributed by atoms with Gasteiger partial charge in [0.05, 0.1) is 18.8 Å². The second-order valence-electron chi connectivity index (χ2n) is 11.6. The van der Waals surface area contributed by atoms with Crippen molar-refractivity contribution in [1.29, 1.82) is 0 Å². The van der Waals surface area contributed by atoms with Gasteiger partial charge in [0.15, 0.2) is 10.6 Å². The maximum atomic E-state index is 12.5. The molecule has 1 aromatic heterocycles. The topological polar surface area (TPSA) is 131 Å². The van der Waals surface area contributed by atoms with Gasteiger partial charge in [0, 0.05) is 37.1 Å². The van der Waals surface area contributed by atoms with Gasteiger partial charge in [0.2, 0.25) is 5.91 Å². The molecule has 0 saturated carbocycles. The number of rotatable bonds is 16. The second kappa shape index (κ2) is 17.5. The number of hydrogen-bond donors (Lipinski definition) is 3. The van der Waals surface area contributed by atoms with E-state index in [1.54, 1.807) is 23.1 Å². The average Bonchev–Trinajstić information content (AvgIpc) is 3.52. The van der Waals surface area contributed by atoms with Crippen molar-refractivity contribution in [2.24, 2.45) is 0 Å². The molecule has 0 aliphatic carbocycles. The number of amides is 1. The molecule has 4 aromatic rings. The van der Waals surface area contributed by atoms with Crippen LogP contribution in [0.1, 0.15) is 84.6 Å². The lowest BCUT2D eigenvalue weighted by Gasteiger charge is -2.36. The second-order valence-corrected chi connectivity index (χ2v) is 14.1. The van der Waals surface area contributed by atoms with Crippen LogP contribution >= 0.6 is 23.1 Å². The summed E-state index contributed by atoms with van der Waals surface area (Å²) < 4.78 is 13.9. The van der Waals surface area contributed by atoms with Crippen molar-refractivity contribution in [3.8, 4) is 11.1 Å². The van der Waals surface area contributed by atoms with Gasteiger partial charge in [-0.3, -0.25) is 9.59 Å². The molecule has 11 heteroatoms. The number of aliphatic hydroxyl groups is 1. The molecule has 47 heavy (non-hydrogen) atoms. The van der Waals surface area contributed by atoms with Crippen molar-refractivity contribution < 1.29 is 29.3 Å². The number of carbonyl (C=O) groups is 2. The Hall–Kier alpha value is -3.61. The lowest BCUT2D eigenvalue weighted by atomic mass is 9.97. The van der Waals surface area contributed by atoms with Gasteiger partial charge in [0.25, 0.3) is 0 Å². The van der Waals surface area contributed by atoms with Gasteiger partial charge in [-0.2, -0.15) is 0 Å². The molecule has 2 heterocycles. The fourth-order valence-electron chi connectivity index (χ4n) is 5.50. The molecule has 1 amide bonds. The maximum Gasteiger partial charge on any atom is 0.303 e. The third kappa shape index (κ3) is 10.4. The number of hydrogen-bond acceptors (Lipinski definition) is 9. The minimum atomic E-state index is -0.777. The Labute approximate surface area is 283 Å². The normalized spacial score (nSPS) is 17.8. The van der Waals surface area contributed by atoms with E-state index < -0.39 is 12.3 Å². The molecule has 1 aliphatic rings. The van der Waals surface area contributed by atoms with Crippen LogP contribution in [0.5, 0.6) is 0 Å². The summed E-state index contributed by atoms with van der Waals surface area (Å²) in [5.74, 6) is -0.0578. The third-order valence-electron chi connectivity index (χ3n) is 8.05. The quantitative estimate of drug-likeness (QED) is 0.0822. The monoisotopic (exact) mass is 675 g/mol. The number of carboxylic acid groups (broad SMARTS) is 1. The summed E-state index contributed by atoms with van der Waals surface area (Å²) in [7, 11) is 0. The zero-order valence-corrected chi connectivity index (χ0v) is 28.1. The van der Waals surface area contributed by atoms with Crippen molar-refractivity contribution in [3.63, 3.8) is 0 Å². The minimum Gasteiger partial charge on any atom is -0.481 e. The van der Waals surface area contributed by atoms with Gasteiger partial charge in [0.1, 0.15) is 5.01 Å². The Kier molecular flexibility index (Phi) is 12.9. The number of ether oxygens (including phenoxy) is 2. The van der Waals surface area contributed by atoms with Gasteiger partial charge in [-0.1, -0.05) is 109 Å². The van der Waals surface area contributed by atoms with Crippen molar-refractivity contribution in [2.45, 2.75) is 87.9 Å². The fraction of sp³-hybridized carbons (Fsp3) is 0.389. The van der Waals surface area contributed by atoms with E-state index >= 15 is 0 Å². The van der Waals surface area contributed by atoms with E-state index in [0.717, 1.165) is 67.7 Å². The number of aliphatic hydroxyl groups excluding tert-OH is 1. The van der Waals surface area contributed by atoms with Gasteiger partial charge in [-0.15, -0.1) is 10.2 Å². The molecule has 248 valence electrons. The largest absolute Gasteiger partial charge is 0.481 e. The van der Waals surface area contributed by atoms with Crippen LogP contribution in [0.15, 0.2) is 77.1 Å². The molecule has 1 fully saturated rings. The zero-order chi connectivity index (χ0) is 33.0. The lowest BCUT2D eigenvalue weighted by Crippen LogP contribution is -2.31. The minimum absolute atomic E-state index is 0.00248. The van der Waals surface area contributed by atoms with Crippen molar-refractivity contribution >= 4 is 35.0 Å². The predicted octanol–water partition coefficient (Wildman–Crippen LogP) is 7.38. The highest BCUT2D eigenvalue weighted by molar-refractivity contribution is 8.01. The number of thioether (sulfide) groups is 1. The van der Waals surface area contributed by atoms with E-state index in [1.807, 2.05) is 61.5 Å². The van der Waals surface area contributed by atoms with E-state index in [9.17, 15) is 14.7 Å². The first-order valence-corrected chi connectivity index (χ1v) is 17.8. The summed E-state index contributed by atoms with van der Waals surface area (Å²) in [5.41, 5.74) is 5.92. The Morgan fingerprint density at radius 2 is 1.64 bits per heavy atom. The molecule has 9 nitrogen and oxygen atoms in total. The number of carboxylic acids is 1. The smallest absolute Gasteiger partial charge is 0.303 e. The Balaban J connectivity index is 1.22. The fourth-order valence-corrected chi connectivity index (χ4v) is 7.36. The molecular formula is C36H41N3O6S2. The molecule has 3 unspecified atom stereocenters. The molecule has 1 saturated heterocycles. The highest BCUT2D eigenvalue weighted by atomic mass is 32.2. The molecule has 3 aromatic carbocycles. The lowest BCUT2D eigenvalue weighted by molar-refractivity contribution is -0.245. The van der Waals surface area contributed by atoms with E-state index in [1.165, 1.54) is 0 Å². The molecule has 0 spiro atoms. The molecule has 1 aliphatic heterocycles. The van der Waals surface area contributed by atoms with Crippen molar-refractivity contribution in [3.05, 3.63) is 100 Å². The molecular weight excluding hydrogens is 635 g/mol. The predicted molar refractivity (Wildman–Crippen MR) is 183 cm³/mol. The number of aromatic nitrogens is 2. The molecule has 0 bridgehead atoms. The Morgan fingerprint density at radius 3 is 2.34 bits per heavy atom. The number of benzene rings is 3. The first kappa shape index (κ1) is 34.7. The van der Waals surface area contributed by atoms with Crippen LogP contribution in [-0.2, 0) is 32.2 Å². The third-order valence-corrected chi connectivity index (χ3v) is 10.2. The zero-order valence-electron chi connectivity index (χ0n) is 26.5. The Morgan fingerprint density at radius 1 is 0.915 bits per heavy atom. The SMILES string of the molecule is Cc1nnc(SCC2CC(c3ccc(CO)cc3)OC(c3ccc(-c4ccccc4CNC(=O)CCCCCCC(=O)O)cc3)O2)s1. The van der Waals surface area contributed by atoms with Crippen LogP contribution in [-0.4, -0.2) is 44.1 Å². The molecule has 3 N–H and O–H groups in total. The number of unbranched alkanes of at least 4 members (excludes halogenated alkanes) is 3. The summed E-state index contributed by atoms with van der Waals surface area (Å²) in [6, 6.07) is 24.1. The number of aryl methyl sites for hydroxylation is 1. The van der Waals surface area contributed by atoms with Gasteiger partial charge in [-0.05, 0) is 47.6 Å². The summed E-state index contributed by atoms with van der Waals surface area (Å²) in [6.07, 6.45) is 3.56. The summed E-state index contributed by atoms with van der Waals surface area (Å²) in [4.78, 5) is 23.1. The van der Waals surface area contributed by atoms with Crippen molar-refractivity contribution in [2.75, 3.05) is 5.75 Å². The number of nitrogens with one attached hydrogen (secondary N) is 1. The van der Waals surface area contributed by atoms with Crippen LogP contribution in [0.2, 0.25) is 0 Å². The van der Waals surface area contributed by atoms with Crippen LogP contribution in [0, 0.1) is 6.92 Å². The van der Waals surface area contributed by atoms with Crippen LogP contribution < -0.4 is 5.32 Å². The van der Waals surface area contributed by atoms with E-state index in [-0.39, 0.29) is 31.1 Å². The van der Waals surface area contributed by atoms with E-state index in [2.05, 4.69) is 33.7 Å². The number of aliphatic carboxylic acids is 1. The summed E-state index contributed by atoms with van der Waals surface area (Å²) >= 11 is 3.22.